The number of alkyl halides is 2. The highest BCUT2D eigenvalue weighted by Crippen LogP contribution is 2.24. The Morgan fingerprint density at radius 3 is 2.46 bits per heavy atom. The van der Waals surface area contributed by atoms with Crippen LogP contribution < -0.4 is 10.8 Å². The van der Waals surface area contributed by atoms with Gasteiger partial charge in [-0.2, -0.15) is 0 Å². The smallest absolute Gasteiger partial charge is 0.269 e. The van der Waals surface area contributed by atoms with Gasteiger partial charge in [0.05, 0.1) is 12.5 Å². The number of methoxy groups -OCH3 is 1. The van der Waals surface area contributed by atoms with E-state index in [0.29, 0.717) is 11.3 Å². The second kappa shape index (κ2) is 9.07. The van der Waals surface area contributed by atoms with Gasteiger partial charge in [-0.05, 0) is 37.1 Å². The number of nitrogens with one attached hydrogen (secondary N) is 3. The van der Waals surface area contributed by atoms with Crippen LogP contribution in [0.5, 0.6) is 0 Å². The molecule has 2 aromatic rings. The Balaban J connectivity index is 2.18. The molecule has 10 heteroatoms. The Bertz CT molecular complexity index is 875. The quantitative estimate of drug-likeness (QED) is 0.334. The standard InChI is InChI=1S/C18H18F2N4O4/c1-18(28-2,17(19)20)14(16(26)24-27)23-15(25)12-6-3-11(4-7-12)5-8-13-9-21-10-22-13/h3-4,6-7,9-10,14,17,27H,1-2H3,(H,21,22)(H,23,25)(H,24,26)/t14-,18?/m1/s1. The SMILES string of the molecule is COC(C)(C(F)F)[C@H](NC(=O)c1ccc(C#Cc2cnc[nH]2)cc1)C(=O)NO. The second-order valence-corrected chi connectivity index (χ2v) is 5.86. The molecule has 0 radical (unpaired) electrons. The molecular formula is C18H18F2N4O4. The lowest BCUT2D eigenvalue weighted by atomic mass is 9.95. The maximum atomic E-state index is 13.4. The number of benzene rings is 1. The van der Waals surface area contributed by atoms with Crippen LogP contribution in [0.2, 0.25) is 0 Å². The van der Waals surface area contributed by atoms with Gasteiger partial charge in [-0.1, -0.05) is 5.92 Å². The summed E-state index contributed by atoms with van der Waals surface area (Å²) in [6, 6.07) is 4.12. The molecule has 2 amide bonds. The third-order valence-corrected chi connectivity index (χ3v) is 4.08. The van der Waals surface area contributed by atoms with Crippen molar-refractivity contribution in [2.75, 3.05) is 7.11 Å². The minimum absolute atomic E-state index is 0.107. The zero-order chi connectivity index (χ0) is 20.7. The highest BCUT2D eigenvalue weighted by molar-refractivity contribution is 5.97. The molecule has 1 heterocycles. The van der Waals surface area contributed by atoms with E-state index in [1.165, 1.54) is 23.9 Å². The average molecular weight is 392 g/mol. The largest absolute Gasteiger partial charge is 0.370 e. The van der Waals surface area contributed by atoms with Crippen molar-refractivity contribution >= 4 is 11.8 Å². The van der Waals surface area contributed by atoms with Crippen LogP contribution in [0, 0.1) is 11.8 Å². The van der Waals surface area contributed by atoms with Crippen LogP contribution in [-0.4, -0.2) is 52.2 Å². The predicted molar refractivity (Wildman–Crippen MR) is 93.6 cm³/mol. The number of carbonyl (C=O) groups is 2. The van der Waals surface area contributed by atoms with Crippen LogP contribution >= 0.6 is 0 Å². The Labute approximate surface area is 159 Å². The third-order valence-electron chi connectivity index (χ3n) is 4.08. The average Bonchev–Trinajstić information content (AvgIpc) is 3.23. The van der Waals surface area contributed by atoms with E-state index in [4.69, 9.17) is 9.94 Å². The second-order valence-electron chi connectivity index (χ2n) is 5.86. The lowest BCUT2D eigenvalue weighted by molar-refractivity contribution is -0.157. The van der Waals surface area contributed by atoms with Crippen LogP contribution in [0.15, 0.2) is 36.8 Å². The van der Waals surface area contributed by atoms with E-state index in [1.54, 1.807) is 18.3 Å². The van der Waals surface area contributed by atoms with E-state index >= 15 is 0 Å². The summed E-state index contributed by atoms with van der Waals surface area (Å²) in [5.41, 5.74) is 0.239. The van der Waals surface area contributed by atoms with Crippen molar-refractivity contribution in [2.24, 2.45) is 0 Å². The number of carbonyl (C=O) groups excluding carboxylic acids is 2. The number of hydroxylamine groups is 1. The van der Waals surface area contributed by atoms with Crippen LogP contribution in [-0.2, 0) is 9.53 Å². The number of ether oxygens (including phenoxy) is 1. The number of amides is 2. The first kappa shape index (κ1) is 21.0. The van der Waals surface area contributed by atoms with Crippen molar-refractivity contribution in [2.45, 2.75) is 25.0 Å². The van der Waals surface area contributed by atoms with Gasteiger partial charge in [0.15, 0.2) is 5.60 Å². The minimum atomic E-state index is -3.11. The number of H-pyrrole nitrogens is 1. The highest BCUT2D eigenvalue weighted by Gasteiger charge is 2.48. The molecule has 0 saturated carbocycles. The van der Waals surface area contributed by atoms with E-state index in [0.717, 1.165) is 14.0 Å². The van der Waals surface area contributed by atoms with E-state index in [1.807, 2.05) is 0 Å². The number of halogens is 2. The van der Waals surface area contributed by atoms with Gasteiger partial charge in [0.2, 0.25) is 0 Å². The van der Waals surface area contributed by atoms with Crippen molar-refractivity contribution < 1.29 is 28.3 Å². The highest BCUT2D eigenvalue weighted by atomic mass is 19.3. The van der Waals surface area contributed by atoms with Crippen LogP contribution in [0.4, 0.5) is 8.78 Å². The number of hydrogen-bond donors (Lipinski definition) is 4. The number of imidazole rings is 1. The van der Waals surface area contributed by atoms with E-state index in [2.05, 4.69) is 27.1 Å². The van der Waals surface area contributed by atoms with Gasteiger partial charge in [0.25, 0.3) is 18.2 Å². The summed E-state index contributed by atoms with van der Waals surface area (Å²) in [5.74, 6) is 3.66. The summed E-state index contributed by atoms with van der Waals surface area (Å²) in [6.45, 7) is 0.950. The molecule has 0 aliphatic carbocycles. The zero-order valence-electron chi connectivity index (χ0n) is 15.0. The topological polar surface area (TPSA) is 116 Å². The molecule has 0 fully saturated rings. The van der Waals surface area contributed by atoms with Crippen LogP contribution in [0.1, 0.15) is 28.5 Å². The molecule has 0 spiro atoms. The first-order valence-electron chi connectivity index (χ1n) is 8.00. The molecule has 148 valence electrons. The van der Waals surface area contributed by atoms with Crippen molar-refractivity contribution in [1.82, 2.24) is 20.8 Å². The van der Waals surface area contributed by atoms with E-state index in [-0.39, 0.29) is 5.56 Å². The van der Waals surface area contributed by atoms with Crippen molar-refractivity contribution in [3.63, 3.8) is 0 Å². The molecule has 1 aromatic carbocycles. The lowest BCUT2D eigenvalue weighted by Crippen LogP contribution is -2.62. The van der Waals surface area contributed by atoms with Gasteiger partial charge in [-0.25, -0.2) is 19.2 Å². The summed E-state index contributed by atoms with van der Waals surface area (Å²) < 4.78 is 31.5. The Hall–Kier alpha value is -3.29. The van der Waals surface area contributed by atoms with E-state index in [9.17, 15) is 18.4 Å². The molecule has 0 saturated heterocycles. The van der Waals surface area contributed by atoms with Crippen molar-refractivity contribution in [1.29, 1.82) is 0 Å². The van der Waals surface area contributed by atoms with Gasteiger partial charge < -0.3 is 15.0 Å². The lowest BCUT2D eigenvalue weighted by Gasteiger charge is -2.34. The van der Waals surface area contributed by atoms with Crippen LogP contribution in [0.3, 0.4) is 0 Å². The van der Waals surface area contributed by atoms with Gasteiger partial charge in [-0.15, -0.1) is 0 Å². The molecule has 28 heavy (non-hydrogen) atoms. The van der Waals surface area contributed by atoms with Crippen molar-refractivity contribution in [3.8, 4) is 11.8 Å². The number of rotatable bonds is 6. The molecule has 0 aliphatic rings. The maximum absolute atomic E-state index is 13.4. The molecule has 1 unspecified atom stereocenters. The summed E-state index contributed by atoms with van der Waals surface area (Å²) in [6.07, 6.45) is -0.0687. The fourth-order valence-electron chi connectivity index (χ4n) is 2.25. The molecule has 2 atom stereocenters. The summed E-state index contributed by atoms with van der Waals surface area (Å²) in [7, 11) is 0.975. The Kier molecular flexibility index (Phi) is 6.81. The Morgan fingerprint density at radius 2 is 1.96 bits per heavy atom. The van der Waals surface area contributed by atoms with Gasteiger partial charge in [-0.3, -0.25) is 14.8 Å². The normalized spacial score (nSPS) is 13.8. The number of nitrogens with zero attached hydrogens (tertiary/aromatic N) is 1. The molecule has 2 rings (SSSR count). The fourth-order valence-corrected chi connectivity index (χ4v) is 2.25. The first-order valence-corrected chi connectivity index (χ1v) is 8.00. The first-order chi connectivity index (χ1) is 13.3. The van der Waals surface area contributed by atoms with Crippen LogP contribution in [0.25, 0.3) is 0 Å². The molecule has 1 aromatic heterocycles. The number of aromatic amines is 1. The van der Waals surface area contributed by atoms with Crippen molar-refractivity contribution in [3.05, 3.63) is 53.6 Å². The van der Waals surface area contributed by atoms with Gasteiger partial charge in [0.1, 0.15) is 11.7 Å². The zero-order valence-corrected chi connectivity index (χ0v) is 15.0. The number of hydrogen-bond acceptors (Lipinski definition) is 5. The Morgan fingerprint density at radius 1 is 1.29 bits per heavy atom. The summed E-state index contributed by atoms with van der Waals surface area (Å²) in [4.78, 5) is 30.9. The summed E-state index contributed by atoms with van der Waals surface area (Å²) in [5, 5.41) is 11.0. The number of aromatic nitrogens is 2. The summed E-state index contributed by atoms with van der Waals surface area (Å²) >= 11 is 0. The van der Waals surface area contributed by atoms with E-state index < -0.39 is 29.9 Å². The predicted octanol–water partition coefficient (Wildman–Crippen LogP) is 1.08. The molecule has 4 N–H and O–H groups in total. The maximum Gasteiger partial charge on any atom is 0.269 e. The minimum Gasteiger partial charge on any atom is -0.370 e. The van der Waals surface area contributed by atoms with Gasteiger partial charge in [0, 0.05) is 18.2 Å². The fraction of sp³-hybridized carbons (Fsp3) is 0.278. The molecule has 0 bridgehead atoms. The van der Waals surface area contributed by atoms with Gasteiger partial charge >= 0.3 is 0 Å². The molecule has 8 nitrogen and oxygen atoms in total. The monoisotopic (exact) mass is 392 g/mol. The molecule has 0 aliphatic heterocycles. The third kappa shape index (κ3) is 4.70. The molecular weight excluding hydrogens is 374 g/mol.